The molecule has 4 aromatic rings. The van der Waals surface area contributed by atoms with E-state index in [-0.39, 0.29) is 5.41 Å². The number of aliphatic imine (C=N–C) groups is 1. The van der Waals surface area contributed by atoms with Crippen LogP contribution in [0.5, 0.6) is 0 Å². The second-order valence-corrected chi connectivity index (χ2v) is 7.74. The molecule has 0 saturated carbocycles. The molecule has 27 heavy (non-hydrogen) atoms. The van der Waals surface area contributed by atoms with Crippen molar-refractivity contribution in [3.8, 4) is 0 Å². The SMILES string of the molecule is CC1(C)C(/C=C/c2ccc3ccccc3c2)=Nc2ccc3ccccc3c21. The Morgan fingerprint density at radius 3 is 2.26 bits per heavy atom. The van der Waals surface area contributed by atoms with Crippen molar-refractivity contribution >= 4 is 39.0 Å². The molecule has 4 aromatic carbocycles. The maximum Gasteiger partial charge on any atom is 0.0681 e. The Morgan fingerprint density at radius 1 is 0.704 bits per heavy atom. The topological polar surface area (TPSA) is 12.4 Å². The first-order valence-corrected chi connectivity index (χ1v) is 9.41. The number of hydrogen-bond donors (Lipinski definition) is 0. The number of nitrogens with zero attached hydrogens (tertiary/aromatic N) is 1. The summed E-state index contributed by atoms with van der Waals surface area (Å²) in [5.74, 6) is 0. The normalized spacial score (nSPS) is 15.4. The molecular formula is C26H21N. The van der Waals surface area contributed by atoms with Gasteiger partial charge in [-0.25, -0.2) is 0 Å². The molecule has 0 amide bonds. The predicted octanol–water partition coefficient (Wildman–Crippen LogP) is 7.07. The lowest BCUT2D eigenvalue weighted by Crippen LogP contribution is -2.24. The summed E-state index contributed by atoms with van der Waals surface area (Å²) < 4.78 is 0. The smallest absolute Gasteiger partial charge is 0.0681 e. The molecule has 1 aliphatic heterocycles. The summed E-state index contributed by atoms with van der Waals surface area (Å²) in [6, 6.07) is 28.0. The highest BCUT2D eigenvalue weighted by Gasteiger charge is 2.34. The van der Waals surface area contributed by atoms with E-state index in [2.05, 4.69) is 105 Å². The van der Waals surface area contributed by atoms with E-state index in [0.717, 1.165) is 11.4 Å². The Bertz CT molecular complexity index is 1240. The van der Waals surface area contributed by atoms with Crippen LogP contribution >= 0.6 is 0 Å². The van der Waals surface area contributed by atoms with Crippen molar-refractivity contribution < 1.29 is 0 Å². The summed E-state index contributed by atoms with van der Waals surface area (Å²) in [5.41, 5.74) is 4.63. The third-order valence-corrected chi connectivity index (χ3v) is 5.62. The van der Waals surface area contributed by atoms with Crippen LogP contribution in [0, 0.1) is 0 Å². The fourth-order valence-corrected chi connectivity index (χ4v) is 4.14. The molecule has 0 aliphatic carbocycles. The van der Waals surface area contributed by atoms with E-state index >= 15 is 0 Å². The molecule has 1 aliphatic rings. The number of rotatable bonds is 2. The molecule has 0 N–H and O–H groups in total. The minimum Gasteiger partial charge on any atom is -0.252 e. The first-order valence-electron chi connectivity index (χ1n) is 9.41. The number of benzene rings is 4. The van der Waals surface area contributed by atoms with Crippen LogP contribution in [0.1, 0.15) is 25.0 Å². The highest BCUT2D eigenvalue weighted by Crippen LogP contribution is 2.44. The first-order chi connectivity index (χ1) is 13.1. The van der Waals surface area contributed by atoms with Gasteiger partial charge in [-0.3, -0.25) is 4.99 Å². The van der Waals surface area contributed by atoms with Crippen molar-refractivity contribution in [2.45, 2.75) is 19.3 Å². The molecule has 130 valence electrons. The van der Waals surface area contributed by atoms with Gasteiger partial charge in [0, 0.05) is 5.41 Å². The Hall–Kier alpha value is -3.19. The Morgan fingerprint density at radius 2 is 1.41 bits per heavy atom. The predicted molar refractivity (Wildman–Crippen MR) is 117 cm³/mol. The second kappa shape index (κ2) is 5.92. The van der Waals surface area contributed by atoms with Gasteiger partial charge in [-0.15, -0.1) is 0 Å². The van der Waals surface area contributed by atoms with Gasteiger partial charge in [0.25, 0.3) is 0 Å². The van der Waals surface area contributed by atoms with E-state index in [9.17, 15) is 0 Å². The average molecular weight is 347 g/mol. The third kappa shape index (κ3) is 2.59. The van der Waals surface area contributed by atoms with Crippen LogP contribution in [0.25, 0.3) is 27.6 Å². The number of fused-ring (bicyclic) bond motifs is 4. The highest BCUT2D eigenvalue weighted by atomic mass is 14.8. The summed E-state index contributed by atoms with van der Waals surface area (Å²) in [6.07, 6.45) is 4.36. The molecule has 1 nitrogen and oxygen atoms in total. The molecule has 0 atom stereocenters. The summed E-state index contributed by atoms with van der Waals surface area (Å²) in [5, 5.41) is 5.12. The standard InChI is InChI=1S/C26H21N/c1-26(2)24(16-12-18-11-13-19-7-3-4-9-21(19)17-18)27-23-15-14-20-8-5-6-10-22(20)25(23)26/h3-17H,1-2H3/b16-12+. The van der Waals surface area contributed by atoms with Crippen molar-refractivity contribution in [2.75, 3.05) is 0 Å². The summed E-state index contributed by atoms with van der Waals surface area (Å²) in [6.45, 7) is 4.55. The zero-order valence-corrected chi connectivity index (χ0v) is 15.6. The van der Waals surface area contributed by atoms with Crippen LogP contribution in [0.2, 0.25) is 0 Å². The summed E-state index contributed by atoms with van der Waals surface area (Å²) in [7, 11) is 0. The fourth-order valence-electron chi connectivity index (χ4n) is 4.14. The summed E-state index contributed by atoms with van der Waals surface area (Å²) in [4.78, 5) is 4.96. The van der Waals surface area contributed by atoms with Gasteiger partial charge < -0.3 is 0 Å². The molecule has 1 heterocycles. The van der Waals surface area contributed by atoms with Crippen molar-refractivity contribution in [3.63, 3.8) is 0 Å². The Kier molecular flexibility index (Phi) is 3.51. The van der Waals surface area contributed by atoms with Crippen LogP contribution in [0.4, 0.5) is 5.69 Å². The van der Waals surface area contributed by atoms with E-state index < -0.39 is 0 Å². The molecule has 0 aromatic heterocycles. The van der Waals surface area contributed by atoms with E-state index in [1.165, 1.54) is 32.7 Å². The minimum atomic E-state index is -0.108. The van der Waals surface area contributed by atoms with Crippen LogP contribution in [0.15, 0.2) is 89.9 Å². The van der Waals surface area contributed by atoms with Crippen molar-refractivity contribution in [2.24, 2.45) is 4.99 Å². The van der Waals surface area contributed by atoms with Crippen molar-refractivity contribution in [1.82, 2.24) is 0 Å². The zero-order chi connectivity index (χ0) is 18.4. The molecule has 0 unspecified atom stereocenters. The minimum absolute atomic E-state index is 0.108. The molecule has 1 heteroatoms. The maximum absolute atomic E-state index is 4.96. The fraction of sp³-hybridized carbons (Fsp3) is 0.115. The van der Waals surface area contributed by atoms with Gasteiger partial charge in [0.05, 0.1) is 11.4 Å². The molecule has 5 rings (SSSR count). The van der Waals surface area contributed by atoms with Gasteiger partial charge in [0.2, 0.25) is 0 Å². The highest BCUT2D eigenvalue weighted by molar-refractivity contribution is 6.13. The summed E-state index contributed by atoms with van der Waals surface area (Å²) >= 11 is 0. The van der Waals surface area contributed by atoms with Crippen molar-refractivity contribution in [1.29, 1.82) is 0 Å². The molecule has 0 fully saturated rings. The first kappa shape index (κ1) is 16.0. The van der Waals surface area contributed by atoms with Gasteiger partial charge in [0.1, 0.15) is 0 Å². The Labute approximate surface area is 159 Å². The van der Waals surface area contributed by atoms with Gasteiger partial charge in [-0.2, -0.15) is 0 Å². The molecule has 0 spiro atoms. The van der Waals surface area contributed by atoms with Crippen molar-refractivity contribution in [3.05, 3.63) is 96.1 Å². The number of allylic oxidation sites excluding steroid dienone is 1. The largest absolute Gasteiger partial charge is 0.252 e. The molecule has 0 saturated heterocycles. The van der Waals surface area contributed by atoms with Crippen LogP contribution in [-0.2, 0) is 5.41 Å². The molecular weight excluding hydrogens is 326 g/mol. The average Bonchev–Trinajstić information content (AvgIpc) is 2.96. The van der Waals surface area contributed by atoms with Gasteiger partial charge in [-0.1, -0.05) is 86.7 Å². The quantitative estimate of drug-likeness (QED) is 0.368. The zero-order valence-electron chi connectivity index (χ0n) is 15.6. The lowest BCUT2D eigenvalue weighted by Gasteiger charge is -2.22. The van der Waals surface area contributed by atoms with E-state index in [1.807, 2.05) is 0 Å². The molecule has 0 bridgehead atoms. The lowest BCUT2D eigenvalue weighted by atomic mass is 9.79. The maximum atomic E-state index is 4.96. The van der Waals surface area contributed by atoms with E-state index in [0.29, 0.717) is 0 Å². The molecule has 0 radical (unpaired) electrons. The third-order valence-electron chi connectivity index (χ3n) is 5.62. The van der Waals surface area contributed by atoms with Gasteiger partial charge >= 0.3 is 0 Å². The van der Waals surface area contributed by atoms with E-state index in [4.69, 9.17) is 4.99 Å². The monoisotopic (exact) mass is 347 g/mol. The van der Waals surface area contributed by atoms with Gasteiger partial charge in [-0.05, 0) is 50.9 Å². The second-order valence-electron chi connectivity index (χ2n) is 7.74. The number of hydrogen-bond acceptors (Lipinski definition) is 1. The lowest BCUT2D eigenvalue weighted by molar-refractivity contribution is 0.747. The van der Waals surface area contributed by atoms with Crippen LogP contribution in [0.3, 0.4) is 0 Å². The van der Waals surface area contributed by atoms with Crippen LogP contribution in [-0.4, -0.2) is 5.71 Å². The van der Waals surface area contributed by atoms with Crippen LogP contribution < -0.4 is 0 Å². The van der Waals surface area contributed by atoms with E-state index in [1.54, 1.807) is 0 Å². The van der Waals surface area contributed by atoms with Gasteiger partial charge in [0.15, 0.2) is 0 Å². The Balaban J connectivity index is 1.55.